The van der Waals surface area contributed by atoms with Crippen molar-refractivity contribution in [3.05, 3.63) is 0 Å². The number of aliphatic hydroxyl groups is 1. The zero-order valence-corrected chi connectivity index (χ0v) is 11.9. The van der Waals surface area contributed by atoms with Gasteiger partial charge in [-0.15, -0.1) is 0 Å². The van der Waals surface area contributed by atoms with E-state index in [2.05, 4.69) is 10.6 Å². The molecule has 0 aromatic heterocycles. The van der Waals surface area contributed by atoms with Gasteiger partial charge in [0.25, 0.3) is 0 Å². The summed E-state index contributed by atoms with van der Waals surface area (Å²) in [7, 11) is 0. The van der Waals surface area contributed by atoms with Crippen molar-refractivity contribution in [2.75, 3.05) is 26.2 Å². The summed E-state index contributed by atoms with van der Waals surface area (Å²) >= 11 is 0. The van der Waals surface area contributed by atoms with Crippen LogP contribution >= 0.6 is 0 Å². The second-order valence-corrected chi connectivity index (χ2v) is 6.39. The van der Waals surface area contributed by atoms with Gasteiger partial charge in [-0.05, 0) is 44.7 Å². The van der Waals surface area contributed by atoms with Crippen LogP contribution in [-0.4, -0.2) is 37.3 Å². The van der Waals surface area contributed by atoms with E-state index in [0.717, 1.165) is 32.4 Å². The molecule has 1 amide bonds. The van der Waals surface area contributed by atoms with Crippen LogP contribution in [0.1, 0.15) is 51.4 Å². The first-order valence-corrected chi connectivity index (χ1v) is 7.82. The Kier molecular flexibility index (Phi) is 5.64. The Balaban J connectivity index is 1.66. The first-order chi connectivity index (χ1) is 9.24. The van der Waals surface area contributed by atoms with E-state index in [1.54, 1.807) is 0 Å². The quantitative estimate of drug-likeness (QED) is 0.683. The fraction of sp³-hybridized carbons (Fsp3) is 0.933. The number of hydrogen-bond acceptors (Lipinski definition) is 3. The number of amides is 1. The van der Waals surface area contributed by atoms with Gasteiger partial charge in [0.2, 0.25) is 5.91 Å². The first-order valence-electron chi connectivity index (χ1n) is 7.82. The summed E-state index contributed by atoms with van der Waals surface area (Å²) < 4.78 is 0. The number of rotatable bonds is 6. The summed E-state index contributed by atoms with van der Waals surface area (Å²) in [6.45, 7) is 3.03. The van der Waals surface area contributed by atoms with Gasteiger partial charge in [-0.3, -0.25) is 4.79 Å². The normalized spacial score (nSPS) is 26.3. The summed E-state index contributed by atoms with van der Waals surface area (Å²) in [5.74, 6) is 0.831. The molecule has 1 saturated carbocycles. The van der Waals surface area contributed by atoms with E-state index in [4.69, 9.17) is 0 Å². The second kappa shape index (κ2) is 7.25. The lowest BCUT2D eigenvalue weighted by Crippen LogP contribution is -2.41. The van der Waals surface area contributed by atoms with Crippen LogP contribution in [0.2, 0.25) is 0 Å². The van der Waals surface area contributed by atoms with Crippen molar-refractivity contribution in [2.24, 2.45) is 11.3 Å². The van der Waals surface area contributed by atoms with Gasteiger partial charge < -0.3 is 15.7 Å². The van der Waals surface area contributed by atoms with Crippen LogP contribution in [0.25, 0.3) is 0 Å². The lowest BCUT2D eigenvalue weighted by atomic mass is 9.74. The molecule has 1 atom stereocenters. The summed E-state index contributed by atoms with van der Waals surface area (Å²) in [4.78, 5) is 11.9. The largest absolute Gasteiger partial charge is 0.396 e. The van der Waals surface area contributed by atoms with Crippen molar-refractivity contribution in [1.82, 2.24) is 10.6 Å². The number of hydrogen-bond donors (Lipinski definition) is 3. The maximum Gasteiger partial charge on any atom is 0.220 e. The Labute approximate surface area is 116 Å². The zero-order valence-electron chi connectivity index (χ0n) is 11.9. The van der Waals surface area contributed by atoms with E-state index in [1.807, 2.05) is 0 Å². The van der Waals surface area contributed by atoms with Gasteiger partial charge in [0, 0.05) is 18.4 Å². The van der Waals surface area contributed by atoms with Crippen LogP contribution in [0, 0.1) is 11.3 Å². The zero-order chi connectivity index (χ0) is 13.6. The Morgan fingerprint density at radius 1 is 1.32 bits per heavy atom. The van der Waals surface area contributed by atoms with E-state index >= 15 is 0 Å². The van der Waals surface area contributed by atoms with Gasteiger partial charge in [-0.1, -0.05) is 19.3 Å². The monoisotopic (exact) mass is 268 g/mol. The first kappa shape index (κ1) is 14.8. The SMILES string of the molecule is O=C(CCC1CCNC1)NCC1(CO)CCCCC1. The number of carbonyl (C=O) groups excluding carboxylic acids is 1. The Morgan fingerprint density at radius 3 is 2.74 bits per heavy atom. The molecule has 2 aliphatic rings. The molecule has 110 valence electrons. The van der Waals surface area contributed by atoms with Gasteiger partial charge in [0.15, 0.2) is 0 Å². The molecule has 2 fully saturated rings. The van der Waals surface area contributed by atoms with Crippen LogP contribution in [0.15, 0.2) is 0 Å². The van der Waals surface area contributed by atoms with Gasteiger partial charge in [-0.2, -0.15) is 0 Å². The molecule has 0 bridgehead atoms. The highest BCUT2D eigenvalue weighted by molar-refractivity contribution is 5.75. The molecular formula is C15H28N2O2. The lowest BCUT2D eigenvalue weighted by Gasteiger charge is -2.35. The standard InChI is InChI=1S/C15H28N2O2/c18-12-15(7-2-1-3-8-15)11-17-14(19)5-4-13-6-9-16-10-13/h13,16,18H,1-12H2,(H,17,19). The minimum atomic E-state index is -0.0389. The Morgan fingerprint density at radius 2 is 2.11 bits per heavy atom. The van der Waals surface area contributed by atoms with Crippen LogP contribution in [0.4, 0.5) is 0 Å². The highest BCUT2D eigenvalue weighted by atomic mass is 16.3. The van der Waals surface area contributed by atoms with Crippen molar-refractivity contribution < 1.29 is 9.90 Å². The molecule has 2 rings (SSSR count). The van der Waals surface area contributed by atoms with Crippen molar-refractivity contribution in [2.45, 2.75) is 51.4 Å². The van der Waals surface area contributed by atoms with Crippen LogP contribution in [0.5, 0.6) is 0 Å². The summed E-state index contributed by atoms with van der Waals surface area (Å²) in [5, 5.41) is 16.0. The molecular weight excluding hydrogens is 240 g/mol. The average Bonchev–Trinajstić information content (AvgIpc) is 2.97. The fourth-order valence-corrected chi connectivity index (χ4v) is 3.36. The van der Waals surface area contributed by atoms with Crippen molar-refractivity contribution in [1.29, 1.82) is 0 Å². The minimum absolute atomic E-state index is 0.0389. The third kappa shape index (κ3) is 4.46. The maximum absolute atomic E-state index is 11.9. The molecule has 1 aliphatic heterocycles. The van der Waals surface area contributed by atoms with E-state index in [0.29, 0.717) is 18.9 Å². The minimum Gasteiger partial charge on any atom is -0.396 e. The van der Waals surface area contributed by atoms with E-state index in [1.165, 1.54) is 25.7 Å². The van der Waals surface area contributed by atoms with E-state index < -0.39 is 0 Å². The molecule has 1 saturated heterocycles. The van der Waals surface area contributed by atoms with Crippen molar-refractivity contribution in [3.8, 4) is 0 Å². The molecule has 4 nitrogen and oxygen atoms in total. The lowest BCUT2D eigenvalue weighted by molar-refractivity contribution is -0.122. The highest BCUT2D eigenvalue weighted by Gasteiger charge is 2.31. The predicted octanol–water partition coefficient (Wildman–Crippen LogP) is 1.44. The van der Waals surface area contributed by atoms with Gasteiger partial charge in [-0.25, -0.2) is 0 Å². The third-order valence-corrected chi connectivity index (χ3v) is 4.85. The van der Waals surface area contributed by atoms with Crippen LogP contribution in [-0.2, 0) is 4.79 Å². The molecule has 0 radical (unpaired) electrons. The molecule has 0 aromatic rings. The summed E-state index contributed by atoms with van der Waals surface area (Å²) in [6, 6.07) is 0. The highest BCUT2D eigenvalue weighted by Crippen LogP contribution is 2.35. The molecule has 1 unspecified atom stereocenters. The molecule has 19 heavy (non-hydrogen) atoms. The molecule has 3 N–H and O–H groups in total. The second-order valence-electron chi connectivity index (χ2n) is 6.39. The Hall–Kier alpha value is -0.610. The molecule has 0 aromatic carbocycles. The molecule has 0 spiro atoms. The topological polar surface area (TPSA) is 61.4 Å². The van der Waals surface area contributed by atoms with E-state index in [9.17, 15) is 9.90 Å². The Bertz CT molecular complexity index is 282. The molecule has 1 aliphatic carbocycles. The van der Waals surface area contributed by atoms with Crippen LogP contribution < -0.4 is 10.6 Å². The van der Waals surface area contributed by atoms with Crippen LogP contribution in [0.3, 0.4) is 0 Å². The average molecular weight is 268 g/mol. The number of aliphatic hydroxyl groups excluding tert-OH is 1. The van der Waals surface area contributed by atoms with Crippen molar-refractivity contribution >= 4 is 5.91 Å². The smallest absolute Gasteiger partial charge is 0.220 e. The summed E-state index contributed by atoms with van der Waals surface area (Å²) in [5.41, 5.74) is -0.0389. The molecule has 1 heterocycles. The van der Waals surface area contributed by atoms with Gasteiger partial charge >= 0.3 is 0 Å². The maximum atomic E-state index is 11.9. The predicted molar refractivity (Wildman–Crippen MR) is 75.8 cm³/mol. The summed E-state index contributed by atoms with van der Waals surface area (Å²) in [6.07, 6.45) is 8.57. The van der Waals surface area contributed by atoms with Gasteiger partial charge in [0.1, 0.15) is 0 Å². The molecule has 4 heteroatoms. The fourth-order valence-electron chi connectivity index (χ4n) is 3.36. The number of nitrogens with one attached hydrogen (secondary N) is 2. The number of carbonyl (C=O) groups is 1. The van der Waals surface area contributed by atoms with Crippen molar-refractivity contribution in [3.63, 3.8) is 0 Å². The third-order valence-electron chi connectivity index (χ3n) is 4.85. The van der Waals surface area contributed by atoms with Gasteiger partial charge in [0.05, 0.1) is 6.61 Å². The van der Waals surface area contributed by atoms with E-state index in [-0.39, 0.29) is 17.9 Å².